The van der Waals surface area contributed by atoms with Crippen molar-refractivity contribution in [2.24, 2.45) is 28.8 Å². The van der Waals surface area contributed by atoms with Crippen molar-refractivity contribution in [2.75, 3.05) is 72.6 Å². The topological polar surface area (TPSA) is 317 Å². The smallest absolute Gasteiger partial charge is 0.341 e. The number of fused-ring (bicyclic) bond motifs is 1. The molecule has 4 heterocycles. The molecule has 470 valence electrons. The van der Waals surface area contributed by atoms with E-state index in [1.807, 2.05) is 30.5 Å². The fourth-order valence-electron chi connectivity index (χ4n) is 11.8. The normalized spacial score (nSPS) is 36.4. The number of oxime groups is 1. The maximum atomic E-state index is 14.4. The van der Waals surface area contributed by atoms with Gasteiger partial charge in [-0.05, 0) is 116 Å². The number of ether oxygens (including phenoxy) is 9. The molecule has 8 N–H and O–H groups in total. The molecule has 24 nitrogen and oxygen atoms in total. The van der Waals surface area contributed by atoms with Crippen molar-refractivity contribution >= 4 is 74.4 Å². The van der Waals surface area contributed by atoms with Crippen LogP contribution in [0.2, 0.25) is 5.02 Å². The van der Waals surface area contributed by atoms with Gasteiger partial charge in [-0.15, -0.1) is 0 Å². The number of aliphatic hydroxyl groups excluding tert-OH is 2. The summed E-state index contributed by atoms with van der Waals surface area (Å²) in [5.41, 5.74) is -4.79. The zero-order chi connectivity index (χ0) is 61.5. The summed E-state index contributed by atoms with van der Waals surface area (Å²) >= 11 is 8.30. The van der Waals surface area contributed by atoms with Crippen molar-refractivity contribution in [3.05, 3.63) is 39.1 Å². The molecule has 0 amide bonds. The third kappa shape index (κ3) is 16.8. The lowest BCUT2D eigenvalue weighted by Gasteiger charge is -2.49. The minimum absolute atomic E-state index is 0.00134. The van der Waals surface area contributed by atoms with Crippen LogP contribution in [-0.4, -0.2) is 213 Å². The molecular weight excluding hydrogens is 1220 g/mol. The first-order valence-electron chi connectivity index (χ1n) is 28.6. The number of esters is 2. The van der Waals surface area contributed by atoms with Crippen molar-refractivity contribution in [1.29, 1.82) is 0 Å². The first-order valence-corrected chi connectivity index (χ1v) is 30.2. The Hall–Kier alpha value is -3.39. The summed E-state index contributed by atoms with van der Waals surface area (Å²) in [6.45, 7) is 17.1. The number of hydrogen-bond donors (Lipinski definition) is 8. The summed E-state index contributed by atoms with van der Waals surface area (Å²) in [4.78, 5) is 54.4. The highest BCUT2D eigenvalue weighted by Crippen LogP contribution is 2.43. The molecule has 0 radical (unpaired) electrons. The number of carbonyl (C=O) groups excluding carboxylic acids is 2. The first kappa shape index (κ1) is 68.7. The number of aromatic nitrogens is 1. The number of pyridine rings is 1. The fourth-order valence-corrected chi connectivity index (χ4v) is 12.6. The predicted octanol–water partition coefficient (Wildman–Crippen LogP) is 4.71. The lowest BCUT2D eigenvalue weighted by molar-refractivity contribution is -0.318. The Kier molecular flexibility index (Phi) is 24.5. The number of methoxy groups -OCH3 is 1. The van der Waals surface area contributed by atoms with Gasteiger partial charge < -0.3 is 93.5 Å². The third-order valence-corrected chi connectivity index (χ3v) is 18.6. The molecule has 2 aromatic rings. The molecule has 1 aromatic heterocycles. The number of aliphatic hydroxyl groups is 4. The monoisotopic (exact) mass is 1310 g/mol. The van der Waals surface area contributed by atoms with Crippen LogP contribution in [0, 0.1) is 23.7 Å². The van der Waals surface area contributed by atoms with Crippen molar-refractivity contribution in [2.45, 2.75) is 189 Å². The molecule has 3 saturated heterocycles. The van der Waals surface area contributed by atoms with E-state index in [1.165, 1.54) is 27.2 Å². The van der Waals surface area contributed by atoms with Gasteiger partial charge in [-0.3, -0.25) is 14.4 Å². The Morgan fingerprint density at radius 2 is 1.58 bits per heavy atom. The molecule has 83 heavy (non-hydrogen) atoms. The lowest BCUT2D eigenvalue weighted by Crippen LogP contribution is -2.61. The van der Waals surface area contributed by atoms with Gasteiger partial charge in [0.1, 0.15) is 22.9 Å². The quantitative estimate of drug-likeness (QED) is 0.0198. The van der Waals surface area contributed by atoms with Gasteiger partial charge in [-0.25, -0.2) is 4.79 Å². The number of benzene rings is 1. The van der Waals surface area contributed by atoms with E-state index in [0.717, 1.165) is 12.8 Å². The molecular formula is C57H89ClIN5O19. The van der Waals surface area contributed by atoms with Crippen molar-refractivity contribution in [1.82, 2.24) is 14.8 Å². The number of carboxylic acids is 1. The highest BCUT2D eigenvalue weighted by Gasteiger charge is 2.54. The average molecular weight is 1310 g/mol. The van der Waals surface area contributed by atoms with Crippen molar-refractivity contribution in [3.63, 3.8) is 0 Å². The number of nitrogens with zero attached hydrogens (tertiary/aromatic N) is 3. The summed E-state index contributed by atoms with van der Waals surface area (Å²) in [6.07, 6.45) is -6.09. The van der Waals surface area contributed by atoms with Gasteiger partial charge in [0.05, 0.1) is 96.8 Å². The van der Waals surface area contributed by atoms with Gasteiger partial charge >= 0.3 is 17.9 Å². The molecule has 0 spiro atoms. The second kappa shape index (κ2) is 29.5. The van der Waals surface area contributed by atoms with Crippen LogP contribution >= 0.6 is 34.2 Å². The third-order valence-electron chi connectivity index (χ3n) is 16.7. The first-order chi connectivity index (χ1) is 39.0. The zero-order valence-electron chi connectivity index (χ0n) is 49.8. The zero-order valence-corrected chi connectivity index (χ0v) is 52.7. The van der Waals surface area contributed by atoms with E-state index in [9.17, 15) is 49.9 Å². The molecule has 4 aliphatic rings. The maximum Gasteiger partial charge on any atom is 0.341 e. The summed E-state index contributed by atoms with van der Waals surface area (Å²) in [6, 6.07) is 3.03. The van der Waals surface area contributed by atoms with E-state index in [0.29, 0.717) is 62.2 Å². The highest BCUT2D eigenvalue weighted by molar-refractivity contribution is 14.1. The van der Waals surface area contributed by atoms with E-state index in [4.69, 9.17) is 54.2 Å². The number of anilines is 1. The van der Waals surface area contributed by atoms with Crippen LogP contribution < -0.4 is 16.1 Å². The second-order valence-corrected chi connectivity index (χ2v) is 25.3. The minimum atomic E-state index is -2.05. The van der Waals surface area contributed by atoms with E-state index >= 15 is 0 Å². The van der Waals surface area contributed by atoms with Gasteiger partial charge in [-0.2, -0.15) is 0 Å². The van der Waals surface area contributed by atoms with Gasteiger partial charge in [0.25, 0.3) is 0 Å². The molecule has 0 bridgehead atoms. The van der Waals surface area contributed by atoms with Gasteiger partial charge in [0.2, 0.25) is 5.43 Å². The predicted molar refractivity (Wildman–Crippen MR) is 314 cm³/mol. The van der Waals surface area contributed by atoms with Crippen LogP contribution in [0.5, 0.6) is 0 Å². The van der Waals surface area contributed by atoms with Gasteiger partial charge in [-0.1, -0.05) is 37.5 Å². The molecule has 3 aliphatic heterocycles. The van der Waals surface area contributed by atoms with Gasteiger partial charge in [0.15, 0.2) is 22.8 Å². The van der Waals surface area contributed by atoms with Crippen LogP contribution in [0.4, 0.5) is 5.69 Å². The highest BCUT2D eigenvalue weighted by atomic mass is 127. The molecule has 26 heteroatoms. The Labute approximate surface area is 504 Å². The van der Waals surface area contributed by atoms with E-state index < -0.39 is 117 Å². The van der Waals surface area contributed by atoms with E-state index in [1.54, 1.807) is 76.3 Å². The van der Waals surface area contributed by atoms with Crippen LogP contribution in [-0.2, 0) is 52.2 Å². The second-order valence-electron chi connectivity index (χ2n) is 23.8. The number of carbonyl (C=O) groups is 3. The number of halogens is 2. The number of likely N-dealkylation sites (N-methyl/N-ethyl adjacent to an activating group) is 1. The fraction of sp³-hybridized carbons (Fsp3) is 0.772. The summed E-state index contributed by atoms with van der Waals surface area (Å²) in [7, 11) is 5.15. The van der Waals surface area contributed by atoms with Crippen LogP contribution in [0.3, 0.4) is 0 Å². The number of aromatic carboxylic acids is 1. The van der Waals surface area contributed by atoms with Gasteiger partial charge in [0, 0.05) is 74.6 Å². The standard InChI is InChI=1S/C57H89ClIN5O19/c1-29-26-55(7,72)49(82-53-46(67)41(63(10)11)23-30(2)78-53)32(4)47(33(5)52(71)83-54(59)57(9,73)48(68)31(3)44(29)62-74)81-43-27-56(8,75-12)50(34(6)79-43)80-42(65)15-16-60-17-19-76-21-22-77-20-18-61-39-24-36-40(25-38(39)58)64(35-13-14-35)28-37(45(36)66)51(69)70/h24-25,28-35,41,43,46-50,53-54,60-61,67-68,72-74H,13-23,26-27H2,1-12H3,(H,69,70)/b62-44-/t29-,30-,31+,32+,33-,34+,41+,43?,46-,47+,48-,49-,50+,53?,54+,55-,56-,57+/m1/s1. The molecule has 1 saturated carbocycles. The molecule has 4 fully saturated rings. The molecule has 1 aliphatic carbocycles. The summed E-state index contributed by atoms with van der Waals surface area (Å²) < 4.78 is 56.1. The SMILES string of the molecule is CO[C@]1(C)CC(O[C@H]2[C@H](C)[C@@H](OC3O[C@H](C)C[C@H](N(C)C)[C@H]3O)[C@](C)(O)C[C@@H](C)/C(=N/O)[C@H](C)[C@@H](O)[C@](C)(O)[C@@H](I)OC(=O)[C@@H]2C)O[C@@H](C)[C@@H]1OC(=O)CCNCCOCCOCCNc1cc2c(=O)c(C(=O)O)cn(C3CC3)c2cc1Cl. The van der Waals surface area contributed by atoms with Crippen molar-refractivity contribution in [3.8, 4) is 0 Å². The number of hydrogen-bond acceptors (Lipinski definition) is 22. The Morgan fingerprint density at radius 3 is 2.19 bits per heavy atom. The molecule has 2 unspecified atom stereocenters. The van der Waals surface area contributed by atoms with Crippen LogP contribution in [0.1, 0.15) is 117 Å². The lowest BCUT2D eigenvalue weighted by atomic mass is 9.74. The Balaban J connectivity index is 1.04. The van der Waals surface area contributed by atoms with Crippen molar-refractivity contribution < 1.29 is 87.8 Å². The number of cyclic esters (lactones) is 1. The number of nitrogens with one attached hydrogen (secondary N) is 2. The van der Waals surface area contributed by atoms with E-state index in [2.05, 4.69) is 15.8 Å². The minimum Gasteiger partial charge on any atom is -0.477 e. The molecule has 1 aromatic carbocycles. The molecule has 18 atom stereocenters. The Morgan fingerprint density at radius 1 is 0.916 bits per heavy atom. The maximum absolute atomic E-state index is 14.4. The number of alkyl halides is 1. The van der Waals surface area contributed by atoms with Crippen LogP contribution in [0.15, 0.2) is 28.3 Å². The summed E-state index contributed by atoms with van der Waals surface area (Å²) in [5, 5.41) is 78.2. The average Bonchev–Trinajstić information content (AvgIpc) is 4.37. The number of carboxylic acid groups (broad SMARTS) is 1. The largest absolute Gasteiger partial charge is 0.477 e. The van der Waals surface area contributed by atoms with E-state index in [-0.39, 0.29) is 60.7 Å². The molecule has 6 rings (SSSR count). The number of rotatable bonds is 22. The Bertz CT molecular complexity index is 2610. The van der Waals surface area contributed by atoms with Crippen LogP contribution in [0.25, 0.3) is 10.9 Å². The summed E-state index contributed by atoms with van der Waals surface area (Å²) in [5.74, 6) is -6.42.